The van der Waals surface area contributed by atoms with Crippen LogP contribution in [-0.2, 0) is 11.2 Å². The summed E-state index contributed by atoms with van der Waals surface area (Å²) in [5.41, 5.74) is 0.939. The Balaban J connectivity index is 1.95. The van der Waals surface area contributed by atoms with E-state index >= 15 is 0 Å². The van der Waals surface area contributed by atoms with Gasteiger partial charge in [0.05, 0.1) is 13.5 Å². The molecule has 0 atom stereocenters. The molecule has 0 spiro atoms. The number of piperidine rings is 1. The highest BCUT2D eigenvalue weighted by molar-refractivity contribution is 9.10. The fourth-order valence-electron chi connectivity index (χ4n) is 2.84. The summed E-state index contributed by atoms with van der Waals surface area (Å²) in [4.78, 5) is 14.4. The molecule has 1 fully saturated rings. The molecule has 0 saturated carbocycles. The van der Waals surface area contributed by atoms with Gasteiger partial charge in [-0.05, 0) is 50.6 Å². The van der Waals surface area contributed by atoms with Crippen LogP contribution in [0.2, 0.25) is 0 Å². The number of hydrogen-bond acceptors (Lipinski definition) is 3. The first-order chi connectivity index (χ1) is 10.1. The second-order valence-electron chi connectivity index (χ2n) is 5.51. The van der Waals surface area contributed by atoms with Gasteiger partial charge in [0, 0.05) is 23.1 Å². The number of likely N-dealkylation sites (tertiary alicyclic amines) is 1. The van der Waals surface area contributed by atoms with Crippen molar-refractivity contribution in [2.24, 2.45) is 5.92 Å². The van der Waals surface area contributed by atoms with Gasteiger partial charge in [0.2, 0.25) is 5.91 Å². The minimum atomic E-state index is 0.189. The summed E-state index contributed by atoms with van der Waals surface area (Å²) in [6.45, 7) is 2.77. The largest absolute Gasteiger partial charge is 0.496 e. The standard InChI is InChI=1S/C16H23BrN2O2/c1-18-11-12-5-7-19(8-6-12)16(20)10-13-9-14(17)3-4-15(13)21-2/h3-4,9,12,18H,5-8,10-11H2,1-2H3. The fourth-order valence-corrected chi connectivity index (χ4v) is 3.24. The molecule has 1 saturated heterocycles. The van der Waals surface area contributed by atoms with Crippen molar-refractivity contribution in [3.05, 3.63) is 28.2 Å². The molecule has 4 nitrogen and oxygen atoms in total. The molecule has 1 aromatic carbocycles. The van der Waals surface area contributed by atoms with Gasteiger partial charge in [-0.2, -0.15) is 0 Å². The van der Waals surface area contributed by atoms with Gasteiger partial charge in [0.1, 0.15) is 5.75 Å². The third-order valence-electron chi connectivity index (χ3n) is 4.04. The van der Waals surface area contributed by atoms with Crippen LogP contribution in [0.25, 0.3) is 0 Å². The molecule has 1 aliphatic heterocycles. The number of carbonyl (C=O) groups excluding carboxylic acids is 1. The van der Waals surface area contributed by atoms with E-state index in [0.717, 1.165) is 48.3 Å². The number of halogens is 1. The smallest absolute Gasteiger partial charge is 0.227 e. The van der Waals surface area contributed by atoms with E-state index in [1.807, 2.05) is 30.1 Å². The average Bonchev–Trinajstić information content (AvgIpc) is 2.48. The number of benzene rings is 1. The van der Waals surface area contributed by atoms with Crippen LogP contribution in [0.3, 0.4) is 0 Å². The predicted molar refractivity (Wildman–Crippen MR) is 87.6 cm³/mol. The first kappa shape index (κ1) is 16.3. The highest BCUT2D eigenvalue weighted by Crippen LogP contribution is 2.25. The molecule has 1 amide bonds. The summed E-state index contributed by atoms with van der Waals surface area (Å²) in [7, 11) is 3.62. The molecule has 0 radical (unpaired) electrons. The van der Waals surface area contributed by atoms with Crippen molar-refractivity contribution >= 4 is 21.8 Å². The topological polar surface area (TPSA) is 41.6 Å². The quantitative estimate of drug-likeness (QED) is 0.882. The Morgan fingerprint density at radius 2 is 2.14 bits per heavy atom. The van der Waals surface area contributed by atoms with Gasteiger partial charge >= 0.3 is 0 Å². The predicted octanol–water partition coefficient (Wildman–Crippen LogP) is 2.46. The van der Waals surface area contributed by atoms with Crippen molar-refractivity contribution in [1.29, 1.82) is 0 Å². The third kappa shape index (κ3) is 4.45. The lowest BCUT2D eigenvalue weighted by Crippen LogP contribution is -2.41. The van der Waals surface area contributed by atoms with E-state index in [1.165, 1.54) is 0 Å². The SMILES string of the molecule is CNCC1CCN(C(=O)Cc2cc(Br)ccc2OC)CC1. The van der Waals surface area contributed by atoms with Crippen LogP contribution in [0.1, 0.15) is 18.4 Å². The highest BCUT2D eigenvalue weighted by atomic mass is 79.9. The zero-order chi connectivity index (χ0) is 15.2. The van der Waals surface area contributed by atoms with Crippen LogP contribution in [0, 0.1) is 5.92 Å². The summed E-state index contributed by atoms with van der Waals surface area (Å²) in [5.74, 6) is 1.66. The summed E-state index contributed by atoms with van der Waals surface area (Å²) in [6, 6.07) is 5.78. The molecule has 116 valence electrons. The molecule has 2 rings (SSSR count). The maximum atomic E-state index is 12.5. The van der Waals surface area contributed by atoms with E-state index in [4.69, 9.17) is 4.74 Å². The Hall–Kier alpha value is -1.07. The lowest BCUT2D eigenvalue weighted by Gasteiger charge is -2.32. The summed E-state index contributed by atoms with van der Waals surface area (Å²) in [6.07, 6.45) is 2.57. The van der Waals surface area contributed by atoms with Crippen molar-refractivity contribution < 1.29 is 9.53 Å². The van der Waals surface area contributed by atoms with Gasteiger partial charge in [0.15, 0.2) is 0 Å². The first-order valence-corrected chi connectivity index (χ1v) is 8.18. The molecule has 0 aromatic heterocycles. The molecule has 21 heavy (non-hydrogen) atoms. The van der Waals surface area contributed by atoms with Crippen LogP contribution in [-0.4, -0.2) is 44.6 Å². The fraction of sp³-hybridized carbons (Fsp3) is 0.562. The number of carbonyl (C=O) groups is 1. The summed E-state index contributed by atoms with van der Waals surface area (Å²) in [5, 5.41) is 3.22. The van der Waals surface area contributed by atoms with Gasteiger partial charge in [-0.15, -0.1) is 0 Å². The minimum Gasteiger partial charge on any atom is -0.496 e. The molecule has 1 aromatic rings. The third-order valence-corrected chi connectivity index (χ3v) is 4.54. The number of ether oxygens (including phenoxy) is 1. The molecule has 1 N–H and O–H groups in total. The van der Waals surface area contributed by atoms with Gasteiger partial charge in [-0.25, -0.2) is 0 Å². The number of rotatable bonds is 5. The number of nitrogens with zero attached hydrogens (tertiary/aromatic N) is 1. The zero-order valence-electron chi connectivity index (χ0n) is 12.7. The van der Waals surface area contributed by atoms with E-state index < -0.39 is 0 Å². The molecule has 0 aliphatic carbocycles. The van der Waals surface area contributed by atoms with Crippen LogP contribution in [0.15, 0.2) is 22.7 Å². The van der Waals surface area contributed by atoms with Gasteiger partial charge < -0.3 is 15.0 Å². The van der Waals surface area contributed by atoms with Crippen molar-refractivity contribution in [1.82, 2.24) is 10.2 Å². The normalized spacial score (nSPS) is 16.0. The Kier molecular flexibility index (Phi) is 6.06. The minimum absolute atomic E-state index is 0.189. The number of nitrogens with one attached hydrogen (secondary N) is 1. The second-order valence-corrected chi connectivity index (χ2v) is 6.43. The second kappa shape index (κ2) is 7.80. The molecular formula is C16H23BrN2O2. The van der Waals surface area contributed by atoms with Crippen LogP contribution in [0.4, 0.5) is 0 Å². The molecule has 1 heterocycles. The number of amides is 1. The van der Waals surface area contributed by atoms with Gasteiger partial charge in [-0.3, -0.25) is 4.79 Å². The molecule has 0 bridgehead atoms. The Morgan fingerprint density at radius 3 is 2.76 bits per heavy atom. The summed E-state index contributed by atoms with van der Waals surface area (Å²) >= 11 is 3.45. The Morgan fingerprint density at radius 1 is 1.43 bits per heavy atom. The highest BCUT2D eigenvalue weighted by Gasteiger charge is 2.23. The monoisotopic (exact) mass is 354 g/mol. The lowest BCUT2D eigenvalue weighted by molar-refractivity contribution is -0.131. The first-order valence-electron chi connectivity index (χ1n) is 7.38. The zero-order valence-corrected chi connectivity index (χ0v) is 14.3. The lowest BCUT2D eigenvalue weighted by atomic mass is 9.96. The van der Waals surface area contributed by atoms with Crippen molar-refractivity contribution in [2.75, 3.05) is 33.8 Å². The van der Waals surface area contributed by atoms with E-state index in [0.29, 0.717) is 12.3 Å². The van der Waals surface area contributed by atoms with Gasteiger partial charge in [0.25, 0.3) is 0 Å². The van der Waals surface area contributed by atoms with Crippen molar-refractivity contribution in [3.63, 3.8) is 0 Å². The van der Waals surface area contributed by atoms with E-state index in [1.54, 1.807) is 7.11 Å². The maximum Gasteiger partial charge on any atom is 0.227 e. The van der Waals surface area contributed by atoms with Crippen LogP contribution >= 0.6 is 15.9 Å². The molecular weight excluding hydrogens is 332 g/mol. The Bertz CT molecular complexity index is 485. The molecule has 0 unspecified atom stereocenters. The average molecular weight is 355 g/mol. The molecule has 1 aliphatic rings. The summed E-state index contributed by atoms with van der Waals surface area (Å²) < 4.78 is 6.31. The number of hydrogen-bond donors (Lipinski definition) is 1. The van der Waals surface area contributed by atoms with Gasteiger partial charge in [-0.1, -0.05) is 15.9 Å². The van der Waals surface area contributed by atoms with Crippen LogP contribution < -0.4 is 10.1 Å². The molecule has 5 heteroatoms. The maximum absolute atomic E-state index is 12.5. The van der Waals surface area contributed by atoms with E-state index in [-0.39, 0.29) is 5.91 Å². The number of methoxy groups -OCH3 is 1. The van der Waals surface area contributed by atoms with Crippen molar-refractivity contribution in [2.45, 2.75) is 19.3 Å². The van der Waals surface area contributed by atoms with Crippen LogP contribution in [0.5, 0.6) is 5.75 Å². The Labute approximate surface area is 135 Å². The van der Waals surface area contributed by atoms with E-state index in [9.17, 15) is 4.79 Å². The van der Waals surface area contributed by atoms with Crippen molar-refractivity contribution in [3.8, 4) is 5.75 Å². The van der Waals surface area contributed by atoms with E-state index in [2.05, 4.69) is 21.2 Å².